The highest BCUT2D eigenvalue weighted by Gasteiger charge is 2.14. The highest BCUT2D eigenvalue weighted by atomic mass is 32.1. The van der Waals surface area contributed by atoms with Gasteiger partial charge in [-0.25, -0.2) is 4.98 Å². The molecule has 0 amide bonds. The zero-order valence-electron chi connectivity index (χ0n) is 12.9. The molecule has 0 radical (unpaired) electrons. The van der Waals surface area contributed by atoms with E-state index in [2.05, 4.69) is 4.98 Å². The summed E-state index contributed by atoms with van der Waals surface area (Å²) in [4.78, 5) is 28.6. The molecule has 6 heteroatoms. The molecule has 0 aliphatic rings. The van der Waals surface area contributed by atoms with Crippen molar-refractivity contribution >= 4 is 27.5 Å². The number of nitrogens with zero attached hydrogens (tertiary/aromatic N) is 2. The van der Waals surface area contributed by atoms with E-state index in [0.29, 0.717) is 10.2 Å². The number of thiophene rings is 1. The minimum atomic E-state index is -0.442. The molecular weight excluding hydrogens is 312 g/mol. The number of benzene rings is 1. The maximum atomic E-state index is 12.5. The maximum Gasteiger partial charge on any atom is 0.326 e. The summed E-state index contributed by atoms with van der Waals surface area (Å²) in [7, 11) is 0. The Hall–Kier alpha value is -2.47. The molecule has 0 atom stereocenters. The van der Waals surface area contributed by atoms with Crippen LogP contribution in [-0.4, -0.2) is 21.6 Å². The van der Waals surface area contributed by atoms with E-state index in [1.165, 1.54) is 22.2 Å². The molecule has 23 heavy (non-hydrogen) atoms. The third-order valence-electron chi connectivity index (χ3n) is 3.30. The van der Waals surface area contributed by atoms with Gasteiger partial charge < -0.3 is 4.74 Å². The van der Waals surface area contributed by atoms with Gasteiger partial charge in [0.25, 0.3) is 5.56 Å². The average Bonchev–Trinajstić information content (AvgIpc) is 2.95. The number of esters is 1. The fourth-order valence-corrected chi connectivity index (χ4v) is 3.29. The van der Waals surface area contributed by atoms with Crippen LogP contribution in [0.5, 0.6) is 0 Å². The predicted octanol–water partition coefficient (Wildman–Crippen LogP) is 3.08. The van der Waals surface area contributed by atoms with Gasteiger partial charge in [-0.05, 0) is 19.4 Å². The van der Waals surface area contributed by atoms with Crippen LogP contribution in [0.2, 0.25) is 0 Å². The second-order valence-electron chi connectivity index (χ2n) is 5.41. The maximum absolute atomic E-state index is 12.5. The summed E-state index contributed by atoms with van der Waals surface area (Å²) in [5, 5.41) is 1.92. The molecule has 3 rings (SSSR count). The standard InChI is InChI=1S/C17H16N2O3S/c1-11(2)22-14(20)8-19-10-18-15-13(9-23-16(15)17(19)21)12-6-4-3-5-7-12/h3-7,9-11H,8H2,1-2H3. The van der Waals surface area contributed by atoms with Gasteiger partial charge in [0.05, 0.1) is 17.9 Å². The molecule has 0 aliphatic carbocycles. The first-order valence-corrected chi connectivity index (χ1v) is 8.16. The van der Waals surface area contributed by atoms with Gasteiger partial charge >= 0.3 is 5.97 Å². The molecule has 0 saturated heterocycles. The number of carbonyl (C=O) groups is 1. The molecule has 1 aromatic carbocycles. The molecule has 118 valence electrons. The van der Waals surface area contributed by atoms with Crippen molar-refractivity contribution in [2.45, 2.75) is 26.5 Å². The number of hydrogen-bond donors (Lipinski definition) is 0. The summed E-state index contributed by atoms with van der Waals surface area (Å²) in [6.45, 7) is 3.42. The molecule has 2 heterocycles. The Morgan fingerprint density at radius 2 is 2.04 bits per heavy atom. The van der Waals surface area contributed by atoms with Crippen LogP contribution >= 0.6 is 11.3 Å². The van der Waals surface area contributed by atoms with Crippen LogP contribution < -0.4 is 5.56 Å². The van der Waals surface area contributed by atoms with Gasteiger partial charge in [0.2, 0.25) is 0 Å². The van der Waals surface area contributed by atoms with Crippen LogP contribution in [0.3, 0.4) is 0 Å². The predicted molar refractivity (Wildman–Crippen MR) is 90.5 cm³/mol. The van der Waals surface area contributed by atoms with Gasteiger partial charge in [-0.3, -0.25) is 14.2 Å². The third-order valence-corrected chi connectivity index (χ3v) is 4.25. The van der Waals surface area contributed by atoms with Crippen molar-refractivity contribution < 1.29 is 9.53 Å². The van der Waals surface area contributed by atoms with Crippen molar-refractivity contribution in [1.82, 2.24) is 9.55 Å². The molecule has 0 saturated carbocycles. The van der Waals surface area contributed by atoms with Crippen LogP contribution in [0.1, 0.15) is 13.8 Å². The minimum Gasteiger partial charge on any atom is -0.462 e. The van der Waals surface area contributed by atoms with Crippen LogP contribution in [0.25, 0.3) is 21.3 Å². The summed E-state index contributed by atoms with van der Waals surface area (Å²) in [6, 6.07) is 9.80. The number of ether oxygens (including phenoxy) is 1. The van der Waals surface area contributed by atoms with Gasteiger partial charge in [0, 0.05) is 10.9 Å². The topological polar surface area (TPSA) is 61.2 Å². The molecule has 0 aliphatic heterocycles. The zero-order chi connectivity index (χ0) is 16.4. The Kier molecular flexibility index (Phi) is 4.25. The van der Waals surface area contributed by atoms with Crippen molar-refractivity contribution in [2.24, 2.45) is 0 Å². The highest BCUT2D eigenvalue weighted by Crippen LogP contribution is 2.30. The Balaban J connectivity index is 1.99. The summed E-state index contributed by atoms with van der Waals surface area (Å²) in [5.74, 6) is -0.442. The minimum absolute atomic E-state index is 0.126. The van der Waals surface area contributed by atoms with Gasteiger partial charge in [0.15, 0.2) is 0 Å². The average molecular weight is 328 g/mol. The van der Waals surface area contributed by atoms with Gasteiger partial charge in [-0.2, -0.15) is 0 Å². The fourth-order valence-electron chi connectivity index (χ4n) is 2.32. The zero-order valence-corrected chi connectivity index (χ0v) is 13.7. The SMILES string of the molecule is CC(C)OC(=O)Cn1cnc2c(-c3ccccc3)csc2c1=O. The van der Waals surface area contributed by atoms with E-state index in [9.17, 15) is 9.59 Å². The van der Waals surface area contributed by atoms with Crippen molar-refractivity contribution in [3.05, 3.63) is 52.4 Å². The van der Waals surface area contributed by atoms with Crippen molar-refractivity contribution in [3.63, 3.8) is 0 Å². The molecule has 0 fully saturated rings. The number of aromatic nitrogens is 2. The van der Waals surface area contributed by atoms with E-state index in [0.717, 1.165) is 11.1 Å². The van der Waals surface area contributed by atoms with E-state index in [1.807, 2.05) is 35.7 Å². The molecule has 0 bridgehead atoms. The van der Waals surface area contributed by atoms with Crippen molar-refractivity contribution in [1.29, 1.82) is 0 Å². The summed E-state index contributed by atoms with van der Waals surface area (Å²) in [5.41, 5.74) is 2.39. The number of fused-ring (bicyclic) bond motifs is 1. The Morgan fingerprint density at radius 3 is 2.74 bits per heavy atom. The summed E-state index contributed by atoms with van der Waals surface area (Å²) < 4.78 is 6.91. The largest absolute Gasteiger partial charge is 0.462 e. The van der Waals surface area contributed by atoms with E-state index in [4.69, 9.17) is 4.74 Å². The molecule has 0 spiro atoms. The normalized spacial score (nSPS) is 11.1. The monoisotopic (exact) mass is 328 g/mol. The quantitative estimate of drug-likeness (QED) is 0.691. The van der Waals surface area contributed by atoms with Crippen LogP contribution in [0, 0.1) is 0 Å². The van der Waals surface area contributed by atoms with E-state index < -0.39 is 5.97 Å². The second kappa shape index (κ2) is 6.34. The molecule has 3 aromatic rings. The Morgan fingerprint density at radius 1 is 1.30 bits per heavy atom. The van der Waals surface area contributed by atoms with E-state index in [1.54, 1.807) is 13.8 Å². The lowest BCUT2D eigenvalue weighted by atomic mass is 10.1. The van der Waals surface area contributed by atoms with Crippen LogP contribution in [-0.2, 0) is 16.1 Å². The number of rotatable bonds is 4. The fraction of sp³-hybridized carbons (Fsp3) is 0.235. The molecule has 0 N–H and O–H groups in total. The Labute approximate surface area is 137 Å². The second-order valence-corrected chi connectivity index (χ2v) is 6.29. The smallest absolute Gasteiger partial charge is 0.326 e. The lowest BCUT2D eigenvalue weighted by molar-refractivity contribution is -0.148. The molecular formula is C17H16N2O3S. The van der Waals surface area contributed by atoms with Crippen molar-refractivity contribution in [2.75, 3.05) is 0 Å². The number of hydrogen-bond acceptors (Lipinski definition) is 5. The highest BCUT2D eigenvalue weighted by molar-refractivity contribution is 7.17. The summed E-state index contributed by atoms with van der Waals surface area (Å²) in [6.07, 6.45) is 1.20. The van der Waals surface area contributed by atoms with Gasteiger partial charge in [0.1, 0.15) is 11.2 Å². The van der Waals surface area contributed by atoms with E-state index in [-0.39, 0.29) is 18.2 Å². The molecule has 5 nitrogen and oxygen atoms in total. The first kappa shape index (κ1) is 15.4. The lowest BCUT2D eigenvalue weighted by Gasteiger charge is -2.09. The molecule has 2 aromatic heterocycles. The van der Waals surface area contributed by atoms with Crippen LogP contribution in [0.4, 0.5) is 0 Å². The third kappa shape index (κ3) is 3.17. The first-order chi connectivity index (χ1) is 11.1. The molecule has 0 unspecified atom stereocenters. The number of carbonyl (C=O) groups excluding carboxylic acids is 1. The summed E-state index contributed by atoms with van der Waals surface area (Å²) >= 11 is 1.34. The van der Waals surface area contributed by atoms with Crippen LogP contribution in [0.15, 0.2) is 46.8 Å². The first-order valence-electron chi connectivity index (χ1n) is 7.28. The van der Waals surface area contributed by atoms with E-state index >= 15 is 0 Å². The lowest BCUT2D eigenvalue weighted by Crippen LogP contribution is -2.26. The van der Waals surface area contributed by atoms with Crippen molar-refractivity contribution in [3.8, 4) is 11.1 Å². The van der Waals surface area contributed by atoms with Gasteiger partial charge in [-0.15, -0.1) is 11.3 Å². The van der Waals surface area contributed by atoms with Gasteiger partial charge in [-0.1, -0.05) is 30.3 Å². The Bertz CT molecular complexity index is 897.